The van der Waals surface area contributed by atoms with E-state index in [1.54, 1.807) is 6.33 Å². The predicted molar refractivity (Wildman–Crippen MR) is 76.6 cm³/mol. The second-order valence-corrected chi connectivity index (χ2v) is 4.90. The van der Waals surface area contributed by atoms with Crippen LogP contribution in [0.5, 0.6) is 0 Å². The van der Waals surface area contributed by atoms with Gasteiger partial charge in [0.25, 0.3) is 0 Å². The highest BCUT2D eigenvalue weighted by atomic mass is 16.5. The maximum atomic E-state index is 9.89. The SMILES string of the molecule is CCOC[C@H](O)Cn1cnc2c(NC(C)C)ncnc21. The van der Waals surface area contributed by atoms with Gasteiger partial charge in [0.1, 0.15) is 11.8 Å². The van der Waals surface area contributed by atoms with E-state index < -0.39 is 6.10 Å². The summed E-state index contributed by atoms with van der Waals surface area (Å²) in [5, 5.41) is 13.1. The number of fused-ring (bicyclic) bond motifs is 1. The molecule has 0 aromatic carbocycles. The van der Waals surface area contributed by atoms with E-state index in [0.717, 1.165) is 0 Å². The molecule has 0 radical (unpaired) electrons. The molecule has 0 aliphatic heterocycles. The van der Waals surface area contributed by atoms with E-state index in [0.29, 0.717) is 36.7 Å². The largest absolute Gasteiger partial charge is 0.389 e. The summed E-state index contributed by atoms with van der Waals surface area (Å²) in [6.45, 7) is 7.27. The number of hydrogen-bond donors (Lipinski definition) is 2. The number of hydrogen-bond acceptors (Lipinski definition) is 6. The van der Waals surface area contributed by atoms with Gasteiger partial charge < -0.3 is 19.7 Å². The average molecular weight is 279 g/mol. The molecule has 0 aliphatic rings. The fraction of sp³-hybridized carbons (Fsp3) is 0.615. The molecule has 2 rings (SSSR count). The number of aromatic nitrogens is 4. The zero-order valence-corrected chi connectivity index (χ0v) is 12.1. The highest BCUT2D eigenvalue weighted by molar-refractivity contribution is 5.82. The van der Waals surface area contributed by atoms with Crippen molar-refractivity contribution in [3.63, 3.8) is 0 Å². The molecule has 2 aromatic heterocycles. The second-order valence-electron chi connectivity index (χ2n) is 4.90. The topological polar surface area (TPSA) is 85.1 Å². The molecule has 0 aliphatic carbocycles. The van der Waals surface area contributed by atoms with E-state index >= 15 is 0 Å². The molecule has 2 heterocycles. The van der Waals surface area contributed by atoms with Gasteiger partial charge in [-0.25, -0.2) is 15.0 Å². The Morgan fingerprint density at radius 1 is 1.35 bits per heavy atom. The Bertz CT molecular complexity index is 555. The van der Waals surface area contributed by atoms with Crippen molar-refractivity contribution in [2.24, 2.45) is 0 Å². The fourth-order valence-corrected chi connectivity index (χ4v) is 1.93. The zero-order valence-electron chi connectivity index (χ0n) is 12.1. The maximum Gasteiger partial charge on any atom is 0.165 e. The monoisotopic (exact) mass is 279 g/mol. The Kier molecular flexibility index (Phi) is 4.86. The van der Waals surface area contributed by atoms with Crippen molar-refractivity contribution in [2.45, 2.75) is 39.5 Å². The minimum Gasteiger partial charge on any atom is -0.389 e. The lowest BCUT2D eigenvalue weighted by molar-refractivity contribution is 0.0340. The second kappa shape index (κ2) is 6.62. The van der Waals surface area contributed by atoms with Gasteiger partial charge in [0.2, 0.25) is 0 Å². The number of nitrogens with zero attached hydrogens (tertiary/aromatic N) is 4. The number of aliphatic hydroxyl groups excluding tert-OH is 1. The van der Waals surface area contributed by atoms with Gasteiger partial charge in [-0.15, -0.1) is 0 Å². The third-order valence-corrected chi connectivity index (χ3v) is 2.75. The van der Waals surface area contributed by atoms with Gasteiger partial charge >= 0.3 is 0 Å². The Labute approximate surface area is 118 Å². The van der Waals surface area contributed by atoms with Crippen LogP contribution in [0.1, 0.15) is 20.8 Å². The van der Waals surface area contributed by atoms with Crippen LogP contribution in [0.4, 0.5) is 5.82 Å². The van der Waals surface area contributed by atoms with E-state index in [9.17, 15) is 5.11 Å². The molecule has 110 valence electrons. The van der Waals surface area contributed by atoms with Gasteiger partial charge in [0, 0.05) is 12.6 Å². The molecule has 20 heavy (non-hydrogen) atoms. The van der Waals surface area contributed by atoms with Crippen LogP contribution in [0.15, 0.2) is 12.7 Å². The van der Waals surface area contributed by atoms with Crippen molar-refractivity contribution in [3.05, 3.63) is 12.7 Å². The third kappa shape index (κ3) is 3.43. The summed E-state index contributed by atoms with van der Waals surface area (Å²) in [6, 6.07) is 0.266. The van der Waals surface area contributed by atoms with Crippen molar-refractivity contribution in [2.75, 3.05) is 18.5 Å². The zero-order chi connectivity index (χ0) is 14.5. The molecule has 7 nitrogen and oxygen atoms in total. The van der Waals surface area contributed by atoms with E-state index in [4.69, 9.17) is 4.74 Å². The molecule has 0 fully saturated rings. The third-order valence-electron chi connectivity index (χ3n) is 2.75. The minimum absolute atomic E-state index is 0.266. The molecule has 2 N–H and O–H groups in total. The van der Waals surface area contributed by atoms with Gasteiger partial charge in [-0.3, -0.25) is 0 Å². The summed E-state index contributed by atoms with van der Waals surface area (Å²) < 4.78 is 7.02. The van der Waals surface area contributed by atoms with Crippen LogP contribution in [-0.2, 0) is 11.3 Å². The smallest absolute Gasteiger partial charge is 0.165 e. The predicted octanol–water partition coefficient (Wildman–Crippen LogP) is 1.04. The fourth-order valence-electron chi connectivity index (χ4n) is 1.93. The van der Waals surface area contributed by atoms with Crippen molar-refractivity contribution in [3.8, 4) is 0 Å². The molecule has 0 spiro atoms. The average Bonchev–Trinajstić information content (AvgIpc) is 2.80. The summed E-state index contributed by atoms with van der Waals surface area (Å²) >= 11 is 0. The van der Waals surface area contributed by atoms with Crippen LogP contribution in [-0.4, -0.2) is 50.0 Å². The number of aliphatic hydroxyl groups is 1. The first-order valence-corrected chi connectivity index (χ1v) is 6.80. The van der Waals surface area contributed by atoms with Crippen molar-refractivity contribution in [1.82, 2.24) is 19.5 Å². The van der Waals surface area contributed by atoms with Crippen molar-refractivity contribution in [1.29, 1.82) is 0 Å². The van der Waals surface area contributed by atoms with Crippen LogP contribution in [0.2, 0.25) is 0 Å². The molecular formula is C13H21N5O2. The summed E-state index contributed by atoms with van der Waals surface area (Å²) in [4.78, 5) is 12.8. The van der Waals surface area contributed by atoms with Crippen LogP contribution >= 0.6 is 0 Å². The highest BCUT2D eigenvalue weighted by Crippen LogP contribution is 2.18. The minimum atomic E-state index is -0.580. The van der Waals surface area contributed by atoms with Crippen molar-refractivity contribution >= 4 is 17.0 Å². The van der Waals surface area contributed by atoms with Gasteiger partial charge in [-0.1, -0.05) is 0 Å². The summed E-state index contributed by atoms with van der Waals surface area (Å²) in [5.41, 5.74) is 1.42. The summed E-state index contributed by atoms with van der Waals surface area (Å²) in [7, 11) is 0. The molecule has 2 aromatic rings. The number of imidazole rings is 1. The Hall–Kier alpha value is -1.73. The van der Waals surface area contributed by atoms with Gasteiger partial charge in [-0.05, 0) is 20.8 Å². The van der Waals surface area contributed by atoms with Crippen LogP contribution in [0, 0.1) is 0 Å². The molecule has 0 saturated heterocycles. The van der Waals surface area contributed by atoms with Gasteiger partial charge in [0.15, 0.2) is 11.5 Å². The lowest BCUT2D eigenvalue weighted by Gasteiger charge is -2.12. The standard InChI is InChI=1S/C13H21N5O2/c1-4-20-6-10(19)5-18-8-16-11-12(17-9(2)3)14-7-15-13(11)18/h7-10,19H,4-6H2,1-3H3,(H,14,15,17)/t10-/m1/s1. The first-order valence-electron chi connectivity index (χ1n) is 6.80. The number of anilines is 1. The molecule has 0 amide bonds. The van der Waals surface area contributed by atoms with Crippen LogP contribution in [0.25, 0.3) is 11.2 Å². The van der Waals surface area contributed by atoms with E-state index in [1.165, 1.54) is 6.33 Å². The molecule has 0 unspecified atom stereocenters. The highest BCUT2D eigenvalue weighted by Gasteiger charge is 2.13. The summed E-state index contributed by atoms with van der Waals surface area (Å²) in [6.07, 6.45) is 2.59. The lowest BCUT2D eigenvalue weighted by Crippen LogP contribution is -2.21. The quantitative estimate of drug-likeness (QED) is 0.788. The van der Waals surface area contributed by atoms with Crippen molar-refractivity contribution < 1.29 is 9.84 Å². The molecule has 1 atom stereocenters. The normalized spacial score (nSPS) is 13.1. The molecular weight excluding hydrogens is 258 g/mol. The van der Waals surface area contributed by atoms with E-state index in [-0.39, 0.29) is 6.04 Å². The summed E-state index contributed by atoms with van der Waals surface area (Å²) in [5.74, 6) is 0.711. The van der Waals surface area contributed by atoms with Gasteiger partial charge in [-0.2, -0.15) is 0 Å². The molecule has 7 heteroatoms. The molecule has 0 saturated carbocycles. The number of nitrogens with one attached hydrogen (secondary N) is 1. The Balaban J connectivity index is 2.19. The lowest BCUT2D eigenvalue weighted by atomic mass is 10.3. The Morgan fingerprint density at radius 2 is 2.15 bits per heavy atom. The van der Waals surface area contributed by atoms with Crippen LogP contribution < -0.4 is 5.32 Å². The maximum absolute atomic E-state index is 9.89. The molecule has 0 bridgehead atoms. The number of rotatable bonds is 7. The van der Waals surface area contributed by atoms with E-state index in [2.05, 4.69) is 20.3 Å². The van der Waals surface area contributed by atoms with E-state index in [1.807, 2.05) is 25.3 Å². The first kappa shape index (κ1) is 14.7. The van der Waals surface area contributed by atoms with Crippen LogP contribution in [0.3, 0.4) is 0 Å². The van der Waals surface area contributed by atoms with Gasteiger partial charge in [0.05, 0.1) is 25.6 Å². The first-order chi connectivity index (χ1) is 9.61. The Morgan fingerprint density at radius 3 is 2.85 bits per heavy atom. The number of ether oxygens (including phenoxy) is 1.